The number of carbonyl (C=O) groups excluding carboxylic acids is 2. The minimum absolute atomic E-state index is 0.0526. The third-order valence-corrected chi connectivity index (χ3v) is 5.72. The van der Waals surface area contributed by atoms with Gasteiger partial charge in [-0.3, -0.25) is 14.5 Å². The van der Waals surface area contributed by atoms with Crippen LogP contribution in [0.15, 0.2) is 12.1 Å². The molecular formula is C20H28ClN3O2. The second-order valence-corrected chi connectivity index (χ2v) is 7.98. The van der Waals surface area contributed by atoms with Crippen LogP contribution >= 0.6 is 11.6 Å². The molecule has 2 amide bonds. The first kappa shape index (κ1) is 19.2. The Kier molecular flexibility index (Phi) is 6.20. The molecule has 0 atom stereocenters. The molecule has 0 aromatic heterocycles. The van der Waals surface area contributed by atoms with Gasteiger partial charge >= 0.3 is 0 Å². The van der Waals surface area contributed by atoms with Crippen molar-refractivity contribution in [3.63, 3.8) is 0 Å². The molecule has 2 aliphatic rings. The van der Waals surface area contributed by atoms with Gasteiger partial charge in [0.2, 0.25) is 11.8 Å². The molecule has 26 heavy (non-hydrogen) atoms. The average Bonchev–Trinajstić information content (AvgIpc) is 3.13. The van der Waals surface area contributed by atoms with Crippen LogP contribution in [0.25, 0.3) is 0 Å². The maximum atomic E-state index is 12.5. The summed E-state index contributed by atoms with van der Waals surface area (Å²) in [4.78, 5) is 29.0. The number of anilines is 1. The van der Waals surface area contributed by atoms with Crippen molar-refractivity contribution in [1.82, 2.24) is 9.80 Å². The van der Waals surface area contributed by atoms with Gasteiger partial charge in [0.15, 0.2) is 0 Å². The third kappa shape index (κ3) is 4.57. The number of piperidine rings is 1. The number of halogens is 1. The first-order valence-corrected chi connectivity index (χ1v) is 9.89. The Hall–Kier alpha value is -1.59. The van der Waals surface area contributed by atoms with Crippen LogP contribution in [0.4, 0.5) is 5.69 Å². The van der Waals surface area contributed by atoms with E-state index < -0.39 is 0 Å². The zero-order valence-electron chi connectivity index (χ0n) is 15.7. The lowest BCUT2D eigenvalue weighted by Crippen LogP contribution is -2.43. The van der Waals surface area contributed by atoms with Crippen LogP contribution in [-0.4, -0.2) is 54.3 Å². The Morgan fingerprint density at radius 2 is 1.77 bits per heavy atom. The van der Waals surface area contributed by atoms with Crippen molar-refractivity contribution < 1.29 is 9.59 Å². The lowest BCUT2D eigenvalue weighted by molar-refractivity contribution is -0.136. The Morgan fingerprint density at radius 3 is 2.38 bits per heavy atom. The van der Waals surface area contributed by atoms with Crippen molar-refractivity contribution in [3.8, 4) is 0 Å². The molecule has 5 nitrogen and oxygen atoms in total. The minimum atomic E-state index is -0.0526. The Morgan fingerprint density at radius 1 is 1.12 bits per heavy atom. The Balaban J connectivity index is 1.48. The average molecular weight is 378 g/mol. The molecule has 0 saturated carbocycles. The standard InChI is InChI=1S/C20H28ClN3O2/c1-14-11-15(2)19(17(21)12-14)22-18(25)13-23-9-5-16(6-10-23)20(26)24-7-3-4-8-24/h11-12,16H,3-10,13H2,1-2H3,(H,22,25). The predicted octanol–water partition coefficient (Wildman–Crippen LogP) is 3.23. The molecule has 3 rings (SSSR count). The topological polar surface area (TPSA) is 52.7 Å². The van der Waals surface area contributed by atoms with E-state index in [1.165, 1.54) is 0 Å². The number of hydrogen-bond acceptors (Lipinski definition) is 3. The number of likely N-dealkylation sites (tertiary alicyclic amines) is 2. The molecule has 0 aliphatic carbocycles. The fourth-order valence-electron chi connectivity index (χ4n) is 3.99. The number of benzene rings is 1. The summed E-state index contributed by atoms with van der Waals surface area (Å²) >= 11 is 6.27. The molecule has 142 valence electrons. The van der Waals surface area contributed by atoms with Gasteiger partial charge in [0.1, 0.15) is 0 Å². The second kappa shape index (κ2) is 8.40. The van der Waals surface area contributed by atoms with Crippen LogP contribution in [0.5, 0.6) is 0 Å². The predicted molar refractivity (Wildman–Crippen MR) is 105 cm³/mol. The molecule has 0 unspecified atom stereocenters. The van der Waals surface area contributed by atoms with E-state index in [2.05, 4.69) is 10.2 Å². The summed E-state index contributed by atoms with van der Waals surface area (Å²) < 4.78 is 0. The highest BCUT2D eigenvalue weighted by Crippen LogP contribution is 2.27. The van der Waals surface area contributed by atoms with Gasteiger partial charge < -0.3 is 10.2 Å². The van der Waals surface area contributed by atoms with Gasteiger partial charge in [0, 0.05) is 19.0 Å². The van der Waals surface area contributed by atoms with E-state index in [-0.39, 0.29) is 11.8 Å². The van der Waals surface area contributed by atoms with Crippen molar-refractivity contribution in [2.45, 2.75) is 39.5 Å². The summed E-state index contributed by atoms with van der Waals surface area (Å²) in [6.07, 6.45) is 3.94. The number of amides is 2. The molecule has 0 spiro atoms. The smallest absolute Gasteiger partial charge is 0.238 e. The molecule has 0 bridgehead atoms. The zero-order valence-corrected chi connectivity index (χ0v) is 16.4. The van der Waals surface area contributed by atoms with Crippen LogP contribution in [-0.2, 0) is 9.59 Å². The van der Waals surface area contributed by atoms with Crippen molar-refractivity contribution in [2.75, 3.05) is 38.0 Å². The number of aryl methyl sites for hydroxylation is 2. The summed E-state index contributed by atoms with van der Waals surface area (Å²) in [5, 5.41) is 3.52. The normalized spacial score (nSPS) is 19.0. The summed E-state index contributed by atoms with van der Waals surface area (Å²) in [6.45, 7) is 7.68. The fraction of sp³-hybridized carbons (Fsp3) is 0.600. The number of hydrogen-bond donors (Lipinski definition) is 1. The number of nitrogens with one attached hydrogen (secondary N) is 1. The van der Waals surface area contributed by atoms with Gasteiger partial charge in [0.25, 0.3) is 0 Å². The highest BCUT2D eigenvalue weighted by molar-refractivity contribution is 6.34. The quantitative estimate of drug-likeness (QED) is 0.876. The van der Waals surface area contributed by atoms with Crippen molar-refractivity contribution >= 4 is 29.1 Å². The SMILES string of the molecule is Cc1cc(C)c(NC(=O)CN2CCC(C(=O)N3CCCC3)CC2)c(Cl)c1. The molecule has 2 aliphatic heterocycles. The lowest BCUT2D eigenvalue weighted by Gasteiger charge is -2.32. The highest BCUT2D eigenvalue weighted by atomic mass is 35.5. The van der Waals surface area contributed by atoms with Crippen molar-refractivity contribution in [2.24, 2.45) is 5.92 Å². The molecule has 1 aromatic rings. The van der Waals surface area contributed by atoms with E-state index >= 15 is 0 Å². The van der Waals surface area contributed by atoms with Gasteiger partial charge in [0.05, 0.1) is 17.3 Å². The summed E-state index contributed by atoms with van der Waals surface area (Å²) in [5.74, 6) is 0.387. The van der Waals surface area contributed by atoms with Gasteiger partial charge in [-0.1, -0.05) is 17.7 Å². The van der Waals surface area contributed by atoms with Gasteiger partial charge in [-0.15, -0.1) is 0 Å². The van der Waals surface area contributed by atoms with Crippen molar-refractivity contribution in [3.05, 3.63) is 28.3 Å². The molecule has 2 saturated heterocycles. The molecule has 1 N–H and O–H groups in total. The van der Waals surface area contributed by atoms with Crippen LogP contribution in [0.2, 0.25) is 5.02 Å². The van der Waals surface area contributed by atoms with E-state index in [1.54, 1.807) is 0 Å². The summed E-state index contributed by atoms with van der Waals surface area (Å²) in [7, 11) is 0. The fourth-order valence-corrected chi connectivity index (χ4v) is 4.36. The Bertz CT molecular complexity index is 655. The largest absolute Gasteiger partial charge is 0.342 e. The van der Waals surface area contributed by atoms with E-state index in [0.717, 1.165) is 63.0 Å². The first-order valence-electron chi connectivity index (χ1n) is 9.52. The van der Waals surface area contributed by atoms with Gasteiger partial charge in [-0.25, -0.2) is 0 Å². The molecule has 6 heteroatoms. The highest BCUT2D eigenvalue weighted by Gasteiger charge is 2.30. The van der Waals surface area contributed by atoms with E-state index in [9.17, 15) is 9.59 Å². The van der Waals surface area contributed by atoms with Gasteiger partial charge in [-0.05, 0) is 69.8 Å². The maximum absolute atomic E-state index is 12.5. The monoisotopic (exact) mass is 377 g/mol. The maximum Gasteiger partial charge on any atom is 0.238 e. The van der Waals surface area contributed by atoms with E-state index in [4.69, 9.17) is 11.6 Å². The molecule has 1 aromatic carbocycles. The van der Waals surface area contributed by atoms with Crippen LogP contribution in [0.1, 0.15) is 36.8 Å². The van der Waals surface area contributed by atoms with E-state index in [0.29, 0.717) is 23.2 Å². The van der Waals surface area contributed by atoms with Crippen molar-refractivity contribution in [1.29, 1.82) is 0 Å². The number of rotatable bonds is 4. The molecule has 2 heterocycles. The molecule has 0 radical (unpaired) electrons. The number of carbonyl (C=O) groups is 2. The van der Waals surface area contributed by atoms with Crippen LogP contribution < -0.4 is 5.32 Å². The lowest BCUT2D eigenvalue weighted by atomic mass is 9.95. The first-order chi connectivity index (χ1) is 12.4. The second-order valence-electron chi connectivity index (χ2n) is 7.57. The minimum Gasteiger partial charge on any atom is -0.342 e. The van der Waals surface area contributed by atoms with Gasteiger partial charge in [-0.2, -0.15) is 0 Å². The molecule has 2 fully saturated rings. The Labute approximate surface area is 160 Å². The molecular weight excluding hydrogens is 350 g/mol. The summed E-state index contributed by atoms with van der Waals surface area (Å²) in [5.41, 5.74) is 2.75. The van der Waals surface area contributed by atoms with Crippen LogP contribution in [0, 0.1) is 19.8 Å². The summed E-state index contributed by atoms with van der Waals surface area (Å²) in [6, 6.07) is 3.87. The zero-order chi connectivity index (χ0) is 18.7. The number of nitrogens with zero attached hydrogens (tertiary/aromatic N) is 2. The van der Waals surface area contributed by atoms with Crippen LogP contribution in [0.3, 0.4) is 0 Å². The third-order valence-electron chi connectivity index (χ3n) is 5.42. The van der Waals surface area contributed by atoms with E-state index in [1.807, 2.05) is 30.9 Å².